The first-order valence-electron chi connectivity index (χ1n) is 6.52. The van der Waals surface area contributed by atoms with Crippen molar-refractivity contribution >= 4 is 5.91 Å². The van der Waals surface area contributed by atoms with Gasteiger partial charge in [-0.1, -0.05) is 19.9 Å². The maximum Gasteiger partial charge on any atom is 0.253 e. The van der Waals surface area contributed by atoms with Crippen molar-refractivity contribution in [2.45, 2.75) is 33.6 Å². The van der Waals surface area contributed by atoms with Crippen molar-refractivity contribution in [2.24, 2.45) is 0 Å². The van der Waals surface area contributed by atoms with Crippen LogP contribution in [0, 0.1) is 0 Å². The summed E-state index contributed by atoms with van der Waals surface area (Å²) < 4.78 is 5.37. The fourth-order valence-corrected chi connectivity index (χ4v) is 2.01. The van der Waals surface area contributed by atoms with Gasteiger partial charge in [0, 0.05) is 18.7 Å². The van der Waals surface area contributed by atoms with Crippen molar-refractivity contribution in [2.75, 3.05) is 20.2 Å². The van der Waals surface area contributed by atoms with E-state index in [-0.39, 0.29) is 5.91 Å². The predicted molar refractivity (Wildman–Crippen MR) is 74.3 cm³/mol. The molecule has 0 spiro atoms. The van der Waals surface area contributed by atoms with Gasteiger partial charge >= 0.3 is 0 Å². The molecule has 18 heavy (non-hydrogen) atoms. The Labute approximate surface area is 110 Å². The summed E-state index contributed by atoms with van der Waals surface area (Å²) in [6.07, 6.45) is 0. The molecule has 0 bridgehead atoms. The zero-order valence-corrected chi connectivity index (χ0v) is 12.0. The van der Waals surface area contributed by atoms with Crippen molar-refractivity contribution in [3.63, 3.8) is 0 Å². The highest BCUT2D eigenvalue weighted by molar-refractivity contribution is 5.94. The van der Waals surface area contributed by atoms with Crippen molar-refractivity contribution < 1.29 is 9.53 Å². The maximum absolute atomic E-state index is 12.2. The summed E-state index contributed by atoms with van der Waals surface area (Å²) in [5.41, 5.74) is 1.83. The summed E-state index contributed by atoms with van der Waals surface area (Å²) in [6.45, 7) is 9.66. The van der Waals surface area contributed by atoms with E-state index < -0.39 is 0 Å². The van der Waals surface area contributed by atoms with E-state index in [1.54, 1.807) is 7.11 Å². The van der Waals surface area contributed by atoms with Crippen LogP contribution >= 0.6 is 0 Å². The molecule has 0 saturated heterocycles. The molecule has 1 aromatic carbocycles. The van der Waals surface area contributed by atoms with Gasteiger partial charge in [0.05, 0.1) is 7.11 Å². The highest BCUT2D eigenvalue weighted by Gasteiger charge is 2.15. The maximum atomic E-state index is 12.2. The number of hydrogen-bond donors (Lipinski definition) is 0. The van der Waals surface area contributed by atoms with Crippen LogP contribution in [-0.4, -0.2) is 31.0 Å². The molecule has 0 unspecified atom stereocenters. The molecule has 100 valence electrons. The summed E-state index contributed by atoms with van der Waals surface area (Å²) in [4.78, 5) is 14.0. The number of rotatable bonds is 5. The lowest BCUT2D eigenvalue weighted by molar-refractivity contribution is 0.0772. The number of carbonyl (C=O) groups excluding carboxylic acids is 1. The highest BCUT2D eigenvalue weighted by atomic mass is 16.5. The standard InChI is InChI=1S/C15H23NO2/c1-6-16(7-2)15(17)12-8-9-13(11(3)4)14(10-12)18-5/h8-11H,6-7H2,1-5H3. The molecule has 0 aliphatic rings. The van der Waals surface area contributed by atoms with Gasteiger partial charge in [-0.15, -0.1) is 0 Å². The summed E-state index contributed by atoms with van der Waals surface area (Å²) in [5.74, 6) is 1.24. The SMILES string of the molecule is CCN(CC)C(=O)c1ccc(C(C)C)c(OC)c1. The first kappa shape index (κ1) is 14.6. The molecule has 0 N–H and O–H groups in total. The molecular formula is C15H23NO2. The number of methoxy groups -OCH3 is 1. The highest BCUT2D eigenvalue weighted by Crippen LogP contribution is 2.27. The van der Waals surface area contributed by atoms with Gasteiger partial charge in [-0.2, -0.15) is 0 Å². The zero-order valence-electron chi connectivity index (χ0n) is 12.0. The first-order valence-corrected chi connectivity index (χ1v) is 6.52. The molecule has 0 saturated carbocycles. The van der Waals surface area contributed by atoms with Crippen LogP contribution in [-0.2, 0) is 0 Å². The third kappa shape index (κ3) is 3.03. The summed E-state index contributed by atoms with van der Waals surface area (Å²) in [7, 11) is 1.65. The van der Waals surface area contributed by atoms with Gasteiger partial charge in [0.2, 0.25) is 0 Å². The average molecular weight is 249 g/mol. The molecule has 0 fully saturated rings. The predicted octanol–water partition coefficient (Wildman–Crippen LogP) is 3.30. The number of amides is 1. The van der Waals surface area contributed by atoms with Crippen LogP contribution in [0.25, 0.3) is 0 Å². The molecule has 0 heterocycles. The molecule has 0 radical (unpaired) electrons. The topological polar surface area (TPSA) is 29.5 Å². The molecule has 1 aromatic rings. The van der Waals surface area contributed by atoms with E-state index in [1.165, 1.54) is 0 Å². The molecule has 3 heteroatoms. The van der Waals surface area contributed by atoms with E-state index >= 15 is 0 Å². The molecule has 0 aliphatic carbocycles. The molecule has 0 aliphatic heterocycles. The Morgan fingerprint density at radius 2 is 1.89 bits per heavy atom. The summed E-state index contributed by atoms with van der Waals surface area (Å²) >= 11 is 0. The Kier molecular flexibility index (Phi) is 5.20. The van der Waals surface area contributed by atoms with Gasteiger partial charge in [0.15, 0.2) is 0 Å². The quantitative estimate of drug-likeness (QED) is 0.801. The van der Waals surface area contributed by atoms with Crippen LogP contribution < -0.4 is 4.74 Å². The number of hydrogen-bond acceptors (Lipinski definition) is 2. The van der Waals surface area contributed by atoms with Gasteiger partial charge in [-0.25, -0.2) is 0 Å². The molecule has 0 aromatic heterocycles. The molecular weight excluding hydrogens is 226 g/mol. The van der Waals surface area contributed by atoms with E-state index in [0.29, 0.717) is 11.5 Å². The van der Waals surface area contributed by atoms with Crippen LogP contribution in [0.1, 0.15) is 49.5 Å². The van der Waals surface area contributed by atoms with Gasteiger partial charge < -0.3 is 9.64 Å². The van der Waals surface area contributed by atoms with Crippen LogP contribution in [0.2, 0.25) is 0 Å². The average Bonchev–Trinajstić information content (AvgIpc) is 2.39. The summed E-state index contributed by atoms with van der Waals surface area (Å²) in [5, 5.41) is 0. The lowest BCUT2D eigenvalue weighted by Crippen LogP contribution is -2.30. The van der Waals surface area contributed by atoms with Crippen LogP contribution in [0.4, 0.5) is 0 Å². The van der Waals surface area contributed by atoms with Crippen LogP contribution in [0.5, 0.6) is 5.75 Å². The minimum atomic E-state index is 0.0635. The van der Waals surface area contributed by atoms with Crippen molar-refractivity contribution in [3.8, 4) is 5.75 Å². The van der Waals surface area contributed by atoms with Crippen molar-refractivity contribution in [1.29, 1.82) is 0 Å². The third-order valence-corrected chi connectivity index (χ3v) is 3.15. The number of ether oxygens (including phenoxy) is 1. The van der Waals surface area contributed by atoms with E-state index in [4.69, 9.17) is 4.74 Å². The fraction of sp³-hybridized carbons (Fsp3) is 0.533. The van der Waals surface area contributed by atoms with Crippen LogP contribution in [0.15, 0.2) is 18.2 Å². The lowest BCUT2D eigenvalue weighted by atomic mass is 10.00. The third-order valence-electron chi connectivity index (χ3n) is 3.15. The van der Waals surface area contributed by atoms with Crippen LogP contribution in [0.3, 0.4) is 0 Å². The van der Waals surface area contributed by atoms with Gasteiger partial charge in [-0.05, 0) is 37.5 Å². The largest absolute Gasteiger partial charge is 0.496 e. The number of nitrogens with zero attached hydrogens (tertiary/aromatic N) is 1. The van der Waals surface area contributed by atoms with Gasteiger partial charge in [-0.3, -0.25) is 4.79 Å². The smallest absolute Gasteiger partial charge is 0.253 e. The Morgan fingerprint density at radius 3 is 2.33 bits per heavy atom. The van der Waals surface area contributed by atoms with E-state index in [9.17, 15) is 4.79 Å². The molecule has 0 atom stereocenters. The Hall–Kier alpha value is -1.51. The monoisotopic (exact) mass is 249 g/mol. The minimum Gasteiger partial charge on any atom is -0.496 e. The molecule has 1 rings (SSSR count). The second kappa shape index (κ2) is 6.43. The van der Waals surface area contributed by atoms with Gasteiger partial charge in [0.25, 0.3) is 5.91 Å². The van der Waals surface area contributed by atoms with Crippen molar-refractivity contribution in [1.82, 2.24) is 4.90 Å². The second-order valence-corrected chi connectivity index (χ2v) is 4.59. The molecule has 3 nitrogen and oxygen atoms in total. The van der Waals surface area contributed by atoms with E-state index in [0.717, 1.165) is 24.4 Å². The number of benzene rings is 1. The number of carbonyl (C=O) groups is 1. The lowest BCUT2D eigenvalue weighted by Gasteiger charge is -2.20. The van der Waals surface area contributed by atoms with E-state index in [2.05, 4.69) is 13.8 Å². The summed E-state index contributed by atoms with van der Waals surface area (Å²) in [6, 6.07) is 5.72. The van der Waals surface area contributed by atoms with Crippen molar-refractivity contribution in [3.05, 3.63) is 29.3 Å². The second-order valence-electron chi connectivity index (χ2n) is 4.59. The van der Waals surface area contributed by atoms with E-state index in [1.807, 2.05) is 36.9 Å². The zero-order chi connectivity index (χ0) is 13.7. The Bertz CT molecular complexity index is 409. The first-order chi connectivity index (χ1) is 8.54. The fourth-order valence-electron chi connectivity index (χ4n) is 2.01. The molecule has 1 amide bonds. The normalized spacial score (nSPS) is 10.6. The Morgan fingerprint density at radius 1 is 1.28 bits per heavy atom. The van der Waals surface area contributed by atoms with Gasteiger partial charge in [0.1, 0.15) is 5.75 Å². The Balaban J connectivity index is 3.09. The minimum absolute atomic E-state index is 0.0635.